The standard InChI is InChI=1S/C22H25N3O3/c1-15(2)11-12-25-19-10-9-17(28-3)14-18(19)21(22(25)27)24-23-20(26)13-16-7-5-4-6-8-16/h4-10,14-15,27H,11-13H2,1-3H3. The Morgan fingerprint density at radius 3 is 2.61 bits per heavy atom. The van der Waals surface area contributed by atoms with Gasteiger partial charge >= 0.3 is 0 Å². The van der Waals surface area contributed by atoms with Crippen LogP contribution in [0.3, 0.4) is 0 Å². The van der Waals surface area contributed by atoms with E-state index >= 15 is 0 Å². The minimum Gasteiger partial charge on any atom is -0.497 e. The lowest BCUT2D eigenvalue weighted by molar-refractivity contribution is -0.117. The summed E-state index contributed by atoms with van der Waals surface area (Å²) >= 11 is 0. The van der Waals surface area contributed by atoms with Gasteiger partial charge in [0.05, 0.1) is 19.0 Å². The van der Waals surface area contributed by atoms with Crippen LogP contribution in [0.15, 0.2) is 58.8 Å². The van der Waals surface area contributed by atoms with Gasteiger partial charge in [0, 0.05) is 11.9 Å². The topological polar surface area (TPSA) is 76.2 Å². The van der Waals surface area contributed by atoms with Crippen molar-refractivity contribution < 1.29 is 14.6 Å². The number of carbonyl (C=O) groups is 1. The molecule has 0 spiro atoms. The number of methoxy groups -OCH3 is 1. The molecule has 1 N–H and O–H groups in total. The molecule has 0 aliphatic rings. The number of ether oxygens (including phenoxy) is 1. The molecule has 0 radical (unpaired) electrons. The van der Waals surface area contributed by atoms with Crippen LogP contribution in [0.5, 0.6) is 11.6 Å². The van der Waals surface area contributed by atoms with Gasteiger partial charge in [-0.05, 0) is 36.1 Å². The van der Waals surface area contributed by atoms with E-state index in [1.807, 2.05) is 47.0 Å². The Bertz CT molecular complexity index is 991. The van der Waals surface area contributed by atoms with Crippen molar-refractivity contribution in [1.82, 2.24) is 4.57 Å². The molecule has 146 valence electrons. The lowest BCUT2D eigenvalue weighted by Gasteiger charge is -2.09. The van der Waals surface area contributed by atoms with Crippen LogP contribution < -0.4 is 4.74 Å². The first-order valence-electron chi connectivity index (χ1n) is 9.37. The molecule has 0 unspecified atom stereocenters. The van der Waals surface area contributed by atoms with Crippen LogP contribution in [0.2, 0.25) is 0 Å². The summed E-state index contributed by atoms with van der Waals surface area (Å²) in [5.41, 5.74) is 2.00. The predicted molar refractivity (Wildman–Crippen MR) is 109 cm³/mol. The van der Waals surface area contributed by atoms with Crippen molar-refractivity contribution in [3.05, 3.63) is 54.1 Å². The summed E-state index contributed by atoms with van der Waals surface area (Å²) in [5, 5.41) is 19.4. The molecule has 2 aromatic carbocycles. The highest BCUT2D eigenvalue weighted by Gasteiger charge is 2.18. The van der Waals surface area contributed by atoms with Crippen LogP contribution in [-0.2, 0) is 17.8 Å². The van der Waals surface area contributed by atoms with Gasteiger partial charge in [0.1, 0.15) is 5.75 Å². The van der Waals surface area contributed by atoms with E-state index < -0.39 is 0 Å². The Kier molecular flexibility index (Phi) is 6.09. The first kappa shape index (κ1) is 19.6. The summed E-state index contributed by atoms with van der Waals surface area (Å²) in [6.45, 7) is 4.92. The van der Waals surface area contributed by atoms with Crippen molar-refractivity contribution >= 4 is 22.5 Å². The maximum atomic E-state index is 12.2. The zero-order valence-electron chi connectivity index (χ0n) is 16.4. The summed E-state index contributed by atoms with van der Waals surface area (Å²) in [6, 6.07) is 14.9. The van der Waals surface area contributed by atoms with Gasteiger partial charge in [-0.3, -0.25) is 4.79 Å². The predicted octanol–water partition coefficient (Wildman–Crippen LogP) is 5.25. The van der Waals surface area contributed by atoms with Crippen molar-refractivity contribution in [3.63, 3.8) is 0 Å². The molecule has 3 rings (SSSR count). The smallest absolute Gasteiger partial charge is 0.269 e. The zero-order valence-corrected chi connectivity index (χ0v) is 16.4. The molecule has 28 heavy (non-hydrogen) atoms. The van der Waals surface area contributed by atoms with Gasteiger partial charge in [-0.15, -0.1) is 10.2 Å². The Hall–Kier alpha value is -3.15. The van der Waals surface area contributed by atoms with Crippen molar-refractivity contribution in [1.29, 1.82) is 0 Å². The lowest BCUT2D eigenvalue weighted by Crippen LogP contribution is -2.00. The molecule has 0 saturated carbocycles. The van der Waals surface area contributed by atoms with E-state index in [0.717, 1.165) is 17.5 Å². The number of benzene rings is 2. The molecule has 0 aliphatic carbocycles. The first-order valence-corrected chi connectivity index (χ1v) is 9.37. The largest absolute Gasteiger partial charge is 0.497 e. The van der Waals surface area contributed by atoms with Crippen LogP contribution in [-0.4, -0.2) is 22.7 Å². The summed E-state index contributed by atoms with van der Waals surface area (Å²) in [7, 11) is 1.58. The molecule has 3 aromatic rings. The Morgan fingerprint density at radius 1 is 1.18 bits per heavy atom. The fourth-order valence-corrected chi connectivity index (χ4v) is 3.05. The maximum Gasteiger partial charge on any atom is 0.269 e. The third-order valence-electron chi connectivity index (χ3n) is 4.61. The van der Waals surface area contributed by atoms with Crippen molar-refractivity contribution in [2.24, 2.45) is 16.1 Å². The second-order valence-electron chi connectivity index (χ2n) is 7.15. The molecule has 0 atom stereocenters. The van der Waals surface area contributed by atoms with Gasteiger partial charge in [0.2, 0.25) is 5.88 Å². The number of rotatable bonds is 7. The van der Waals surface area contributed by atoms with Crippen molar-refractivity contribution in [3.8, 4) is 11.6 Å². The number of carbonyl (C=O) groups excluding carboxylic acids is 1. The number of aryl methyl sites for hydroxylation is 1. The highest BCUT2D eigenvalue weighted by Crippen LogP contribution is 2.40. The van der Waals surface area contributed by atoms with Crippen LogP contribution in [0, 0.1) is 5.92 Å². The highest BCUT2D eigenvalue weighted by atomic mass is 16.5. The third kappa shape index (κ3) is 4.39. The number of hydrogen-bond acceptors (Lipinski definition) is 4. The highest BCUT2D eigenvalue weighted by molar-refractivity contribution is 5.96. The Balaban J connectivity index is 1.94. The summed E-state index contributed by atoms with van der Waals surface area (Å²) in [4.78, 5) is 12.2. The number of aromatic hydroxyl groups is 1. The second kappa shape index (κ2) is 8.69. The molecule has 1 aromatic heterocycles. The number of fused-ring (bicyclic) bond motifs is 1. The summed E-state index contributed by atoms with van der Waals surface area (Å²) in [5.74, 6) is 0.796. The minimum absolute atomic E-state index is 0.0140. The number of hydrogen-bond donors (Lipinski definition) is 1. The normalized spacial score (nSPS) is 11.6. The van der Waals surface area contributed by atoms with Gasteiger partial charge < -0.3 is 14.4 Å². The Morgan fingerprint density at radius 2 is 1.93 bits per heavy atom. The SMILES string of the molecule is COc1ccc2c(c1)c(N=NC(=O)Cc1ccccc1)c(O)n2CCC(C)C. The third-order valence-corrected chi connectivity index (χ3v) is 4.61. The van der Waals surface area contributed by atoms with E-state index in [0.29, 0.717) is 29.3 Å². The van der Waals surface area contributed by atoms with Crippen LogP contribution >= 0.6 is 0 Å². The fraction of sp³-hybridized carbons (Fsp3) is 0.318. The van der Waals surface area contributed by atoms with Gasteiger partial charge in [-0.25, -0.2) is 0 Å². The molecule has 1 heterocycles. The number of azo groups is 1. The molecular weight excluding hydrogens is 354 g/mol. The minimum atomic E-state index is -0.364. The van der Waals surface area contributed by atoms with E-state index in [2.05, 4.69) is 24.1 Å². The molecule has 1 amide bonds. The van der Waals surface area contributed by atoms with Gasteiger partial charge in [0.25, 0.3) is 5.91 Å². The maximum absolute atomic E-state index is 12.2. The fourth-order valence-electron chi connectivity index (χ4n) is 3.05. The molecule has 6 heteroatoms. The monoisotopic (exact) mass is 379 g/mol. The van der Waals surface area contributed by atoms with Gasteiger partial charge in [-0.1, -0.05) is 44.2 Å². The quantitative estimate of drug-likeness (QED) is 0.569. The van der Waals surface area contributed by atoms with E-state index in [9.17, 15) is 9.90 Å². The number of amides is 1. The van der Waals surface area contributed by atoms with Crippen LogP contribution in [0.25, 0.3) is 10.9 Å². The lowest BCUT2D eigenvalue weighted by atomic mass is 10.1. The molecule has 0 saturated heterocycles. The molecule has 6 nitrogen and oxygen atoms in total. The molecule has 0 bridgehead atoms. The Labute approximate surface area is 164 Å². The van der Waals surface area contributed by atoms with E-state index in [1.54, 1.807) is 13.2 Å². The summed E-state index contributed by atoms with van der Waals surface area (Å²) < 4.78 is 7.11. The molecule has 0 aliphatic heterocycles. The second-order valence-corrected chi connectivity index (χ2v) is 7.15. The molecular formula is C22H25N3O3. The van der Waals surface area contributed by atoms with Crippen molar-refractivity contribution in [2.45, 2.75) is 33.2 Å². The molecule has 0 fully saturated rings. The average molecular weight is 379 g/mol. The van der Waals surface area contributed by atoms with E-state index in [-0.39, 0.29) is 18.2 Å². The van der Waals surface area contributed by atoms with Crippen molar-refractivity contribution in [2.75, 3.05) is 7.11 Å². The van der Waals surface area contributed by atoms with E-state index in [4.69, 9.17) is 4.74 Å². The van der Waals surface area contributed by atoms with Gasteiger partial charge in [-0.2, -0.15) is 0 Å². The average Bonchev–Trinajstić information content (AvgIpc) is 2.95. The van der Waals surface area contributed by atoms with Gasteiger partial charge in [0.15, 0.2) is 5.69 Å². The van der Waals surface area contributed by atoms with Crippen LogP contribution in [0.1, 0.15) is 25.8 Å². The number of nitrogens with zero attached hydrogens (tertiary/aromatic N) is 3. The zero-order chi connectivity index (χ0) is 20.1. The number of aromatic nitrogens is 1. The summed E-state index contributed by atoms with van der Waals surface area (Å²) in [6.07, 6.45) is 1.08. The first-order chi connectivity index (χ1) is 13.5. The van der Waals surface area contributed by atoms with E-state index in [1.165, 1.54) is 0 Å². The van der Waals surface area contributed by atoms with Crippen LogP contribution in [0.4, 0.5) is 5.69 Å².